The van der Waals surface area contributed by atoms with Crippen LogP contribution in [0.15, 0.2) is 30.7 Å². The number of aromatic nitrogens is 3. The number of aryl methyl sites for hydroxylation is 1. The number of carbonyl (C=O) groups is 2. The summed E-state index contributed by atoms with van der Waals surface area (Å²) < 4.78 is 4.58. The largest absolute Gasteiger partial charge is 0.469 e. The summed E-state index contributed by atoms with van der Waals surface area (Å²) in [6.07, 6.45) is 9.00. The van der Waals surface area contributed by atoms with Crippen molar-refractivity contribution in [1.82, 2.24) is 20.3 Å². The fraction of sp³-hybridized carbons (Fsp3) is 0.421. The Morgan fingerprint density at radius 3 is 2.96 bits per heavy atom. The Labute approximate surface area is 152 Å². The summed E-state index contributed by atoms with van der Waals surface area (Å²) in [6.45, 7) is 0. The first-order chi connectivity index (χ1) is 12.7. The van der Waals surface area contributed by atoms with Gasteiger partial charge in [-0.2, -0.15) is 0 Å². The molecule has 0 unspecified atom stereocenters. The van der Waals surface area contributed by atoms with Crippen molar-refractivity contribution >= 4 is 11.9 Å². The maximum Gasteiger partial charge on any atom is 0.305 e. The third-order valence-corrected chi connectivity index (χ3v) is 4.45. The van der Waals surface area contributed by atoms with Gasteiger partial charge in [0.15, 0.2) is 5.82 Å². The summed E-state index contributed by atoms with van der Waals surface area (Å²) in [5.41, 5.74) is 2.83. The number of hydrogen-bond donors (Lipinski definition) is 1. The van der Waals surface area contributed by atoms with E-state index >= 15 is 0 Å². The topological polar surface area (TPSA) is 94.1 Å². The quantitative estimate of drug-likeness (QED) is 0.801. The molecule has 0 aliphatic heterocycles. The average Bonchev–Trinajstić information content (AvgIpc) is 2.68. The number of ether oxygens (including phenoxy) is 1. The molecule has 2 heterocycles. The lowest BCUT2D eigenvalue weighted by atomic mass is 9.92. The van der Waals surface area contributed by atoms with E-state index in [1.54, 1.807) is 12.4 Å². The summed E-state index contributed by atoms with van der Waals surface area (Å²) in [6, 6.07) is 3.71. The zero-order chi connectivity index (χ0) is 18.4. The maximum atomic E-state index is 12.2. The molecule has 0 bridgehead atoms. The molecule has 7 heteroatoms. The van der Waals surface area contributed by atoms with Gasteiger partial charge in [-0.05, 0) is 37.8 Å². The Balaban J connectivity index is 1.65. The van der Waals surface area contributed by atoms with Crippen molar-refractivity contribution in [3.8, 4) is 11.4 Å². The minimum absolute atomic E-state index is 0.0666. The SMILES string of the molecule is COC(=O)CCCC(=O)N[C@@H]1CCCc2nc(-c3cccnc3)ncc21. The van der Waals surface area contributed by atoms with Gasteiger partial charge in [0.2, 0.25) is 5.91 Å². The van der Waals surface area contributed by atoms with Crippen LogP contribution in [0.1, 0.15) is 49.4 Å². The van der Waals surface area contributed by atoms with Crippen LogP contribution in [-0.2, 0) is 20.7 Å². The average molecular weight is 354 g/mol. The lowest BCUT2D eigenvalue weighted by molar-refractivity contribution is -0.140. The molecule has 1 amide bonds. The van der Waals surface area contributed by atoms with E-state index < -0.39 is 0 Å². The highest BCUT2D eigenvalue weighted by molar-refractivity contribution is 5.77. The summed E-state index contributed by atoms with van der Waals surface area (Å²) in [7, 11) is 1.35. The van der Waals surface area contributed by atoms with Gasteiger partial charge < -0.3 is 10.1 Å². The number of hydrogen-bond acceptors (Lipinski definition) is 6. The van der Waals surface area contributed by atoms with Crippen LogP contribution in [0.4, 0.5) is 0 Å². The van der Waals surface area contributed by atoms with E-state index in [0.29, 0.717) is 18.7 Å². The molecular formula is C19H22N4O3. The van der Waals surface area contributed by atoms with Crippen molar-refractivity contribution in [3.63, 3.8) is 0 Å². The number of pyridine rings is 1. The van der Waals surface area contributed by atoms with Gasteiger partial charge in [-0.25, -0.2) is 9.97 Å². The molecule has 2 aromatic heterocycles. The summed E-state index contributed by atoms with van der Waals surface area (Å²) in [5, 5.41) is 3.04. The molecule has 3 rings (SSSR count). The van der Waals surface area contributed by atoms with Gasteiger partial charge in [0.25, 0.3) is 0 Å². The highest BCUT2D eigenvalue weighted by Gasteiger charge is 2.24. The molecule has 2 aromatic rings. The predicted molar refractivity (Wildman–Crippen MR) is 95.0 cm³/mol. The van der Waals surface area contributed by atoms with Crippen LogP contribution in [0.2, 0.25) is 0 Å². The number of carbonyl (C=O) groups excluding carboxylic acids is 2. The summed E-state index contributed by atoms with van der Waals surface area (Å²) in [5.74, 6) is 0.294. The molecule has 7 nitrogen and oxygen atoms in total. The predicted octanol–water partition coefficient (Wildman–Crippen LogP) is 2.38. The van der Waals surface area contributed by atoms with Crippen molar-refractivity contribution in [2.24, 2.45) is 0 Å². The van der Waals surface area contributed by atoms with E-state index in [1.165, 1.54) is 7.11 Å². The van der Waals surface area contributed by atoms with Crippen LogP contribution in [0, 0.1) is 0 Å². The minimum atomic E-state index is -0.294. The highest BCUT2D eigenvalue weighted by atomic mass is 16.5. The van der Waals surface area contributed by atoms with E-state index in [9.17, 15) is 9.59 Å². The Bertz CT molecular complexity index is 780. The molecule has 0 fully saturated rings. The van der Waals surface area contributed by atoms with Crippen molar-refractivity contribution in [3.05, 3.63) is 42.0 Å². The molecule has 1 aliphatic rings. The van der Waals surface area contributed by atoms with Crippen LogP contribution in [0.5, 0.6) is 0 Å². The first kappa shape index (κ1) is 18.0. The first-order valence-electron chi connectivity index (χ1n) is 8.79. The lowest BCUT2D eigenvalue weighted by Crippen LogP contribution is -2.31. The number of nitrogens with zero attached hydrogens (tertiary/aromatic N) is 3. The third-order valence-electron chi connectivity index (χ3n) is 4.45. The molecule has 26 heavy (non-hydrogen) atoms. The Hall–Kier alpha value is -2.83. The van der Waals surface area contributed by atoms with E-state index in [0.717, 1.165) is 36.1 Å². The summed E-state index contributed by atoms with van der Waals surface area (Å²) >= 11 is 0. The van der Waals surface area contributed by atoms with Crippen molar-refractivity contribution in [1.29, 1.82) is 0 Å². The van der Waals surface area contributed by atoms with Gasteiger partial charge in [-0.15, -0.1) is 0 Å². The maximum absolute atomic E-state index is 12.2. The van der Waals surface area contributed by atoms with E-state index in [4.69, 9.17) is 0 Å². The molecule has 1 aliphatic carbocycles. The first-order valence-corrected chi connectivity index (χ1v) is 8.79. The number of methoxy groups -OCH3 is 1. The van der Waals surface area contributed by atoms with Crippen molar-refractivity contribution in [2.75, 3.05) is 7.11 Å². The van der Waals surface area contributed by atoms with Crippen LogP contribution < -0.4 is 5.32 Å². The fourth-order valence-corrected chi connectivity index (χ4v) is 3.09. The minimum Gasteiger partial charge on any atom is -0.469 e. The lowest BCUT2D eigenvalue weighted by Gasteiger charge is -2.25. The Kier molecular flexibility index (Phi) is 5.88. The molecule has 1 atom stereocenters. The van der Waals surface area contributed by atoms with E-state index in [-0.39, 0.29) is 24.3 Å². The fourth-order valence-electron chi connectivity index (χ4n) is 3.09. The van der Waals surface area contributed by atoms with Crippen molar-refractivity contribution in [2.45, 2.75) is 44.6 Å². The highest BCUT2D eigenvalue weighted by Crippen LogP contribution is 2.29. The van der Waals surface area contributed by atoms with Crippen LogP contribution >= 0.6 is 0 Å². The monoisotopic (exact) mass is 354 g/mol. The Morgan fingerprint density at radius 1 is 1.31 bits per heavy atom. The van der Waals surface area contributed by atoms with Crippen LogP contribution in [0.3, 0.4) is 0 Å². The smallest absolute Gasteiger partial charge is 0.305 e. The van der Waals surface area contributed by atoms with Gasteiger partial charge in [-0.1, -0.05) is 0 Å². The molecular weight excluding hydrogens is 332 g/mol. The van der Waals surface area contributed by atoms with E-state index in [1.807, 2.05) is 18.3 Å². The second kappa shape index (κ2) is 8.51. The number of amides is 1. The number of esters is 1. The number of fused-ring (bicyclic) bond motifs is 1. The van der Waals surface area contributed by atoms with Gasteiger partial charge in [0, 0.05) is 48.3 Å². The second-order valence-corrected chi connectivity index (χ2v) is 6.28. The molecule has 0 saturated carbocycles. The van der Waals surface area contributed by atoms with Crippen LogP contribution in [0.25, 0.3) is 11.4 Å². The second-order valence-electron chi connectivity index (χ2n) is 6.28. The number of rotatable bonds is 6. The van der Waals surface area contributed by atoms with E-state index in [2.05, 4.69) is 25.0 Å². The van der Waals surface area contributed by atoms with Gasteiger partial charge >= 0.3 is 5.97 Å². The molecule has 136 valence electrons. The zero-order valence-corrected chi connectivity index (χ0v) is 14.8. The zero-order valence-electron chi connectivity index (χ0n) is 14.8. The Morgan fingerprint density at radius 2 is 2.19 bits per heavy atom. The number of nitrogens with one attached hydrogen (secondary N) is 1. The molecule has 0 spiro atoms. The van der Waals surface area contributed by atoms with Gasteiger partial charge in [0.1, 0.15) is 0 Å². The molecule has 1 N–H and O–H groups in total. The third kappa shape index (κ3) is 4.41. The molecule has 0 radical (unpaired) electrons. The van der Waals surface area contributed by atoms with Gasteiger partial charge in [0.05, 0.1) is 13.2 Å². The van der Waals surface area contributed by atoms with Crippen molar-refractivity contribution < 1.29 is 14.3 Å². The molecule has 0 saturated heterocycles. The van der Waals surface area contributed by atoms with Gasteiger partial charge in [-0.3, -0.25) is 14.6 Å². The normalized spacial score (nSPS) is 15.8. The standard InChI is InChI=1S/C19H22N4O3/c1-26-18(25)9-3-8-17(24)22-15-6-2-7-16-14(15)12-21-19(23-16)13-5-4-10-20-11-13/h4-5,10-12,15H,2-3,6-9H2,1H3,(H,22,24)/t15-/m1/s1. The molecule has 0 aromatic carbocycles. The van der Waals surface area contributed by atoms with Crippen LogP contribution in [-0.4, -0.2) is 33.9 Å². The summed E-state index contributed by atoms with van der Waals surface area (Å²) in [4.78, 5) is 36.5.